The summed E-state index contributed by atoms with van der Waals surface area (Å²) in [6, 6.07) is 0.123. The zero-order valence-corrected chi connectivity index (χ0v) is 15.5. The van der Waals surface area contributed by atoms with Crippen molar-refractivity contribution >= 4 is 29.6 Å². The van der Waals surface area contributed by atoms with Crippen molar-refractivity contribution in [2.75, 3.05) is 4.90 Å². The smallest absolute Gasteiger partial charge is 0.415 e. The Bertz CT molecular complexity index is 758. The first-order chi connectivity index (χ1) is 12.5. The van der Waals surface area contributed by atoms with Gasteiger partial charge in [-0.15, -0.1) is 0 Å². The third kappa shape index (κ3) is 4.62. The van der Waals surface area contributed by atoms with E-state index in [1.807, 2.05) is 0 Å². The van der Waals surface area contributed by atoms with Crippen LogP contribution in [-0.2, 0) is 21.9 Å². The van der Waals surface area contributed by atoms with Crippen LogP contribution in [0.2, 0.25) is 0 Å². The Hall–Kier alpha value is -2.18. The molecule has 1 aliphatic heterocycles. The molecule has 1 aliphatic rings. The number of carbonyl (C=O) groups excluding carboxylic acids is 2. The molecule has 0 radical (unpaired) electrons. The second-order valence-electron chi connectivity index (χ2n) is 6.93. The molecule has 2 amide bonds. The quantitative estimate of drug-likeness (QED) is 0.716. The highest BCUT2D eigenvalue weighted by Crippen LogP contribution is 2.45. The van der Waals surface area contributed by atoms with Crippen molar-refractivity contribution in [3.63, 3.8) is 0 Å². The molecule has 1 aromatic rings. The minimum Gasteiger partial charge on any atom is -0.415 e. The lowest BCUT2D eigenvalue weighted by Crippen LogP contribution is -2.41. The van der Waals surface area contributed by atoms with E-state index in [1.165, 1.54) is 0 Å². The molecule has 13 heteroatoms. The van der Waals surface area contributed by atoms with Gasteiger partial charge in [-0.05, 0) is 17.5 Å². The van der Waals surface area contributed by atoms with Crippen LogP contribution < -0.4 is 10.6 Å². The van der Waals surface area contributed by atoms with Gasteiger partial charge in [-0.2, -0.15) is 26.3 Å². The molecule has 2 heterocycles. The Morgan fingerprint density at radius 1 is 1.14 bits per heavy atom. The molecule has 2 unspecified atom stereocenters. The number of aromatic nitrogens is 1. The first-order valence-corrected chi connectivity index (χ1v) is 8.57. The lowest BCUT2D eigenvalue weighted by atomic mass is 9.91. The third-order valence-corrected chi connectivity index (χ3v) is 5.33. The number of anilines is 1. The number of hydrogen-bond acceptors (Lipinski definition) is 5. The normalized spacial score (nSPS) is 21.2. The van der Waals surface area contributed by atoms with Crippen LogP contribution in [0.1, 0.15) is 32.0 Å². The Kier molecular flexibility index (Phi) is 5.54. The SMILES string of the molecule is CC(C)(C)C1SC(OC(N)=O)N(c2cc(C(F)(F)F)cc(C(F)(F)F)n2)C1=O. The van der Waals surface area contributed by atoms with Gasteiger partial charge in [0.05, 0.1) is 10.8 Å². The standard InChI is InChI=1S/C15H15F6N3O3S/c1-13(2,3)9-10(25)24(12(28-9)27-11(22)26)8-5-6(14(16,17)18)4-7(23-8)15(19,20)21/h4-5,9,12H,1-3H3,(H2,22,26). The Labute approximate surface area is 159 Å². The number of halogens is 6. The number of nitrogens with zero attached hydrogens (tertiary/aromatic N) is 2. The van der Waals surface area contributed by atoms with E-state index < -0.39 is 57.7 Å². The third-order valence-electron chi connectivity index (χ3n) is 3.60. The number of alkyl halides is 6. The Morgan fingerprint density at radius 2 is 1.71 bits per heavy atom. The fourth-order valence-electron chi connectivity index (χ4n) is 2.39. The summed E-state index contributed by atoms with van der Waals surface area (Å²) in [4.78, 5) is 27.5. The maximum absolute atomic E-state index is 13.1. The van der Waals surface area contributed by atoms with Gasteiger partial charge in [0, 0.05) is 0 Å². The minimum atomic E-state index is -5.20. The molecule has 1 fully saturated rings. The van der Waals surface area contributed by atoms with Gasteiger partial charge in [0.25, 0.3) is 0 Å². The number of thioether (sulfide) groups is 1. The van der Waals surface area contributed by atoms with E-state index in [4.69, 9.17) is 10.5 Å². The molecular weight excluding hydrogens is 416 g/mol. The van der Waals surface area contributed by atoms with Crippen LogP contribution in [0.25, 0.3) is 0 Å². The number of nitrogens with two attached hydrogens (primary N) is 1. The number of amides is 2. The molecule has 6 nitrogen and oxygen atoms in total. The maximum atomic E-state index is 13.1. The molecule has 0 spiro atoms. The molecule has 0 saturated carbocycles. The monoisotopic (exact) mass is 431 g/mol. The van der Waals surface area contributed by atoms with E-state index in [0.29, 0.717) is 4.90 Å². The summed E-state index contributed by atoms with van der Waals surface area (Å²) < 4.78 is 83.1. The highest BCUT2D eigenvalue weighted by molar-refractivity contribution is 8.01. The van der Waals surface area contributed by atoms with Crippen molar-refractivity contribution < 1.29 is 40.7 Å². The largest absolute Gasteiger partial charge is 0.433 e. The number of ether oxygens (including phenoxy) is 1. The number of hydrogen-bond donors (Lipinski definition) is 1. The summed E-state index contributed by atoms with van der Waals surface area (Å²) in [7, 11) is 0. The number of rotatable bonds is 2. The van der Waals surface area contributed by atoms with Crippen LogP contribution in [0.4, 0.5) is 37.0 Å². The zero-order valence-electron chi connectivity index (χ0n) is 14.7. The maximum Gasteiger partial charge on any atom is 0.433 e. The van der Waals surface area contributed by atoms with E-state index in [-0.39, 0.29) is 12.1 Å². The lowest BCUT2D eigenvalue weighted by Gasteiger charge is -2.25. The fraction of sp³-hybridized carbons (Fsp3) is 0.533. The second kappa shape index (κ2) is 7.01. The van der Waals surface area contributed by atoms with Crippen LogP contribution in [0.5, 0.6) is 0 Å². The van der Waals surface area contributed by atoms with Crippen molar-refractivity contribution in [2.45, 2.75) is 43.9 Å². The zero-order chi connectivity index (χ0) is 21.7. The molecular formula is C15H15F6N3O3S. The van der Waals surface area contributed by atoms with Crippen LogP contribution in [0.15, 0.2) is 12.1 Å². The summed E-state index contributed by atoms with van der Waals surface area (Å²) in [6.45, 7) is 4.90. The van der Waals surface area contributed by atoms with Crippen LogP contribution >= 0.6 is 11.8 Å². The molecule has 1 saturated heterocycles. The first kappa shape index (κ1) is 22.1. The average Bonchev–Trinajstić information content (AvgIpc) is 2.80. The van der Waals surface area contributed by atoms with E-state index in [1.54, 1.807) is 20.8 Å². The van der Waals surface area contributed by atoms with Gasteiger partial charge in [-0.25, -0.2) is 14.7 Å². The highest BCUT2D eigenvalue weighted by Gasteiger charge is 2.50. The summed E-state index contributed by atoms with van der Waals surface area (Å²) >= 11 is 0.735. The van der Waals surface area contributed by atoms with Crippen LogP contribution in [-0.4, -0.2) is 27.8 Å². The van der Waals surface area contributed by atoms with Gasteiger partial charge in [-0.1, -0.05) is 32.5 Å². The predicted octanol–water partition coefficient (Wildman–Crippen LogP) is 3.99. The van der Waals surface area contributed by atoms with Crippen molar-refractivity contribution in [1.29, 1.82) is 0 Å². The predicted molar refractivity (Wildman–Crippen MR) is 87.0 cm³/mol. The minimum absolute atomic E-state index is 0.164. The molecule has 28 heavy (non-hydrogen) atoms. The molecule has 2 atom stereocenters. The summed E-state index contributed by atoms with van der Waals surface area (Å²) in [5.41, 5.74) is -0.885. The van der Waals surface area contributed by atoms with Gasteiger partial charge in [0.2, 0.25) is 11.5 Å². The molecule has 0 bridgehead atoms. The first-order valence-electron chi connectivity index (χ1n) is 7.63. The van der Waals surface area contributed by atoms with Crippen LogP contribution in [0.3, 0.4) is 0 Å². The van der Waals surface area contributed by atoms with Gasteiger partial charge >= 0.3 is 18.4 Å². The molecule has 156 valence electrons. The van der Waals surface area contributed by atoms with Crippen molar-refractivity contribution in [3.05, 3.63) is 23.4 Å². The van der Waals surface area contributed by atoms with Gasteiger partial charge in [-0.3, -0.25) is 4.79 Å². The van der Waals surface area contributed by atoms with E-state index in [9.17, 15) is 35.9 Å². The molecule has 0 aliphatic carbocycles. The summed E-state index contributed by atoms with van der Waals surface area (Å²) in [6.07, 6.45) is -11.7. The molecule has 2 rings (SSSR count). The van der Waals surface area contributed by atoms with Crippen molar-refractivity contribution in [1.82, 2.24) is 4.98 Å². The second-order valence-corrected chi connectivity index (χ2v) is 8.08. The Balaban J connectivity index is 2.64. The van der Waals surface area contributed by atoms with E-state index in [2.05, 4.69) is 4.98 Å². The number of carbonyl (C=O) groups is 2. The molecule has 2 N–H and O–H groups in total. The van der Waals surface area contributed by atoms with E-state index >= 15 is 0 Å². The molecule has 1 aromatic heterocycles. The topological polar surface area (TPSA) is 85.5 Å². The van der Waals surface area contributed by atoms with Gasteiger partial charge in [0.15, 0.2) is 0 Å². The van der Waals surface area contributed by atoms with Crippen molar-refractivity contribution in [3.8, 4) is 0 Å². The highest BCUT2D eigenvalue weighted by atomic mass is 32.2. The lowest BCUT2D eigenvalue weighted by molar-refractivity contribution is -0.145. The van der Waals surface area contributed by atoms with Crippen LogP contribution in [0, 0.1) is 5.41 Å². The summed E-state index contributed by atoms with van der Waals surface area (Å²) in [5, 5.41) is -0.928. The Morgan fingerprint density at radius 3 is 2.14 bits per heavy atom. The van der Waals surface area contributed by atoms with Gasteiger partial charge < -0.3 is 10.5 Å². The molecule has 0 aromatic carbocycles. The van der Waals surface area contributed by atoms with E-state index in [0.717, 1.165) is 11.8 Å². The summed E-state index contributed by atoms with van der Waals surface area (Å²) in [5.74, 6) is -1.80. The average molecular weight is 431 g/mol. The fourth-order valence-corrected chi connectivity index (χ4v) is 3.74. The number of primary amides is 1. The number of pyridine rings is 1. The van der Waals surface area contributed by atoms with Gasteiger partial charge in [0.1, 0.15) is 11.5 Å². The van der Waals surface area contributed by atoms with Crippen molar-refractivity contribution in [2.24, 2.45) is 11.1 Å².